The highest BCUT2D eigenvalue weighted by Gasteiger charge is 2.00. The summed E-state index contributed by atoms with van der Waals surface area (Å²) in [4.78, 5) is 8.56. The van der Waals surface area contributed by atoms with Gasteiger partial charge in [0.25, 0.3) is 0 Å². The summed E-state index contributed by atoms with van der Waals surface area (Å²) in [6.07, 6.45) is 4.60. The molecule has 0 saturated heterocycles. The van der Waals surface area contributed by atoms with Crippen molar-refractivity contribution >= 4 is 11.8 Å². The molecule has 4 heteroatoms. The standard InChI is InChI=1S/C10H17N3S/c1-3-14-7-10-12-5-9(6-13-10)4-8(2)11/h5-6,8H,3-4,7,11H2,1-2H3. The summed E-state index contributed by atoms with van der Waals surface area (Å²) in [6, 6.07) is 0.175. The van der Waals surface area contributed by atoms with Crippen LogP contribution in [0.15, 0.2) is 12.4 Å². The van der Waals surface area contributed by atoms with Gasteiger partial charge in [0.05, 0.1) is 5.75 Å². The zero-order valence-electron chi connectivity index (χ0n) is 8.73. The number of thioether (sulfide) groups is 1. The Morgan fingerprint density at radius 2 is 2.07 bits per heavy atom. The molecular weight excluding hydrogens is 194 g/mol. The number of nitrogens with two attached hydrogens (primary N) is 1. The first-order valence-corrected chi connectivity index (χ1v) is 6.01. The number of aromatic nitrogens is 2. The molecule has 0 radical (unpaired) electrons. The highest BCUT2D eigenvalue weighted by atomic mass is 32.2. The van der Waals surface area contributed by atoms with Crippen LogP contribution in [-0.2, 0) is 12.2 Å². The summed E-state index contributed by atoms with van der Waals surface area (Å²) < 4.78 is 0. The maximum absolute atomic E-state index is 5.68. The molecule has 3 nitrogen and oxygen atoms in total. The molecular formula is C10H17N3S. The van der Waals surface area contributed by atoms with Crippen molar-refractivity contribution in [3.8, 4) is 0 Å². The quantitative estimate of drug-likeness (QED) is 0.804. The third-order valence-corrected chi connectivity index (χ3v) is 2.62. The van der Waals surface area contributed by atoms with Crippen molar-refractivity contribution in [2.45, 2.75) is 32.1 Å². The van der Waals surface area contributed by atoms with Crippen molar-refractivity contribution in [3.05, 3.63) is 23.8 Å². The van der Waals surface area contributed by atoms with Gasteiger partial charge in [0.15, 0.2) is 0 Å². The van der Waals surface area contributed by atoms with Crippen molar-refractivity contribution in [1.29, 1.82) is 0 Å². The molecule has 1 unspecified atom stereocenters. The number of hydrogen-bond acceptors (Lipinski definition) is 4. The second kappa shape index (κ2) is 5.98. The van der Waals surface area contributed by atoms with Crippen LogP contribution in [0.4, 0.5) is 0 Å². The molecule has 14 heavy (non-hydrogen) atoms. The predicted octanol–water partition coefficient (Wildman–Crippen LogP) is 1.62. The zero-order valence-corrected chi connectivity index (χ0v) is 9.55. The fraction of sp³-hybridized carbons (Fsp3) is 0.600. The minimum Gasteiger partial charge on any atom is -0.328 e. The van der Waals surface area contributed by atoms with E-state index in [0.717, 1.165) is 29.3 Å². The molecule has 1 aromatic heterocycles. The molecule has 0 spiro atoms. The third-order valence-electron chi connectivity index (χ3n) is 1.75. The number of nitrogens with zero attached hydrogens (tertiary/aromatic N) is 2. The van der Waals surface area contributed by atoms with Crippen molar-refractivity contribution in [2.24, 2.45) is 5.73 Å². The largest absolute Gasteiger partial charge is 0.328 e. The Balaban J connectivity index is 2.50. The Morgan fingerprint density at radius 1 is 1.43 bits per heavy atom. The molecule has 0 saturated carbocycles. The fourth-order valence-electron chi connectivity index (χ4n) is 1.13. The maximum atomic E-state index is 5.68. The fourth-order valence-corrected chi connectivity index (χ4v) is 1.66. The summed E-state index contributed by atoms with van der Waals surface area (Å²) in [7, 11) is 0. The van der Waals surface area contributed by atoms with Gasteiger partial charge in [-0.15, -0.1) is 0 Å². The van der Waals surface area contributed by atoms with E-state index < -0.39 is 0 Å². The van der Waals surface area contributed by atoms with Crippen LogP contribution in [0.1, 0.15) is 25.2 Å². The molecule has 0 aliphatic rings. The molecule has 0 fully saturated rings. The lowest BCUT2D eigenvalue weighted by Gasteiger charge is -2.04. The SMILES string of the molecule is CCSCc1ncc(CC(C)N)cn1. The molecule has 0 aromatic carbocycles. The van der Waals surface area contributed by atoms with Crippen LogP contribution in [0.2, 0.25) is 0 Å². The van der Waals surface area contributed by atoms with E-state index in [1.54, 1.807) is 0 Å². The van der Waals surface area contributed by atoms with Crippen molar-refractivity contribution in [2.75, 3.05) is 5.75 Å². The first-order chi connectivity index (χ1) is 6.72. The van der Waals surface area contributed by atoms with Crippen LogP contribution < -0.4 is 5.73 Å². The van der Waals surface area contributed by atoms with E-state index in [-0.39, 0.29) is 6.04 Å². The maximum Gasteiger partial charge on any atom is 0.138 e. The van der Waals surface area contributed by atoms with Gasteiger partial charge in [-0.3, -0.25) is 0 Å². The van der Waals surface area contributed by atoms with Crippen molar-refractivity contribution in [1.82, 2.24) is 9.97 Å². The van der Waals surface area contributed by atoms with Gasteiger partial charge < -0.3 is 5.73 Å². The van der Waals surface area contributed by atoms with Gasteiger partial charge >= 0.3 is 0 Å². The lowest BCUT2D eigenvalue weighted by atomic mass is 10.1. The van der Waals surface area contributed by atoms with E-state index in [1.807, 2.05) is 31.1 Å². The average Bonchev–Trinajstić information content (AvgIpc) is 2.16. The van der Waals surface area contributed by atoms with E-state index in [1.165, 1.54) is 0 Å². The molecule has 1 heterocycles. The molecule has 78 valence electrons. The van der Waals surface area contributed by atoms with Gasteiger partial charge in [0.1, 0.15) is 5.82 Å². The Labute approximate surface area is 89.5 Å². The predicted molar refractivity (Wildman–Crippen MR) is 61.2 cm³/mol. The number of hydrogen-bond donors (Lipinski definition) is 1. The Hall–Kier alpha value is -0.610. The molecule has 0 bridgehead atoms. The number of rotatable bonds is 5. The van der Waals surface area contributed by atoms with Crippen LogP contribution in [0.3, 0.4) is 0 Å². The smallest absolute Gasteiger partial charge is 0.138 e. The molecule has 0 amide bonds. The highest BCUT2D eigenvalue weighted by molar-refractivity contribution is 7.98. The molecule has 1 rings (SSSR count). The van der Waals surface area contributed by atoms with Gasteiger partial charge in [-0.1, -0.05) is 6.92 Å². The summed E-state index contributed by atoms with van der Waals surface area (Å²) in [6.45, 7) is 4.12. The Bertz CT molecular complexity index is 259. The van der Waals surface area contributed by atoms with Crippen LogP contribution in [0, 0.1) is 0 Å². The Morgan fingerprint density at radius 3 is 2.57 bits per heavy atom. The first kappa shape index (κ1) is 11.5. The van der Waals surface area contributed by atoms with Crippen LogP contribution in [0.25, 0.3) is 0 Å². The highest BCUT2D eigenvalue weighted by Crippen LogP contribution is 2.07. The van der Waals surface area contributed by atoms with Crippen LogP contribution in [0.5, 0.6) is 0 Å². The average molecular weight is 211 g/mol. The van der Waals surface area contributed by atoms with Gasteiger partial charge in [-0.25, -0.2) is 9.97 Å². The van der Waals surface area contributed by atoms with Gasteiger partial charge in [0.2, 0.25) is 0 Å². The minimum absolute atomic E-state index is 0.175. The zero-order chi connectivity index (χ0) is 10.4. The van der Waals surface area contributed by atoms with Gasteiger partial charge in [-0.05, 0) is 24.7 Å². The van der Waals surface area contributed by atoms with E-state index >= 15 is 0 Å². The summed E-state index contributed by atoms with van der Waals surface area (Å²) in [5.74, 6) is 2.91. The monoisotopic (exact) mass is 211 g/mol. The third kappa shape index (κ3) is 4.07. The molecule has 0 aliphatic heterocycles. The van der Waals surface area contributed by atoms with Gasteiger partial charge in [0, 0.05) is 18.4 Å². The lowest BCUT2D eigenvalue weighted by molar-refractivity contribution is 0.730. The second-order valence-corrected chi connectivity index (χ2v) is 4.60. The summed E-state index contributed by atoms with van der Waals surface area (Å²) in [5.41, 5.74) is 6.80. The molecule has 1 atom stereocenters. The van der Waals surface area contributed by atoms with Gasteiger partial charge in [-0.2, -0.15) is 11.8 Å². The second-order valence-electron chi connectivity index (χ2n) is 3.33. The first-order valence-electron chi connectivity index (χ1n) is 4.85. The van der Waals surface area contributed by atoms with Crippen molar-refractivity contribution in [3.63, 3.8) is 0 Å². The van der Waals surface area contributed by atoms with Crippen LogP contribution in [-0.4, -0.2) is 21.8 Å². The molecule has 0 aliphatic carbocycles. The van der Waals surface area contributed by atoms with E-state index in [4.69, 9.17) is 5.73 Å². The minimum atomic E-state index is 0.175. The summed E-state index contributed by atoms with van der Waals surface area (Å²) >= 11 is 1.83. The Kier molecular flexibility index (Phi) is 4.90. The van der Waals surface area contributed by atoms with Crippen molar-refractivity contribution < 1.29 is 0 Å². The summed E-state index contributed by atoms with van der Waals surface area (Å²) in [5, 5.41) is 0. The topological polar surface area (TPSA) is 51.8 Å². The molecule has 2 N–H and O–H groups in total. The molecule has 1 aromatic rings. The van der Waals surface area contributed by atoms with Crippen LogP contribution >= 0.6 is 11.8 Å². The normalized spacial score (nSPS) is 12.8. The van der Waals surface area contributed by atoms with E-state index in [9.17, 15) is 0 Å². The lowest BCUT2D eigenvalue weighted by Crippen LogP contribution is -2.18. The van der Waals surface area contributed by atoms with E-state index in [0.29, 0.717) is 0 Å². The van der Waals surface area contributed by atoms with E-state index in [2.05, 4.69) is 16.9 Å².